The van der Waals surface area contributed by atoms with Crippen molar-refractivity contribution in [3.05, 3.63) is 60.0 Å². The topological polar surface area (TPSA) is 90.1 Å². The van der Waals surface area contributed by atoms with Gasteiger partial charge in [-0.2, -0.15) is 0 Å². The number of hydrogen-bond acceptors (Lipinski definition) is 5. The number of ether oxygens (including phenoxy) is 1. The molecule has 3 aromatic rings. The number of nitrogens with zero attached hydrogens (tertiary/aromatic N) is 2. The second kappa shape index (κ2) is 9.43. The first-order valence-corrected chi connectivity index (χ1v) is 11.0. The molecule has 2 heterocycles. The molecule has 3 N–H and O–H groups in total. The lowest BCUT2D eigenvalue weighted by Crippen LogP contribution is -2.34. The lowest BCUT2D eigenvalue weighted by Gasteiger charge is -2.31. The zero-order valence-electron chi connectivity index (χ0n) is 18.2. The van der Waals surface area contributed by atoms with Crippen molar-refractivity contribution in [3.8, 4) is 11.6 Å². The molecule has 1 fully saturated rings. The van der Waals surface area contributed by atoms with E-state index in [9.17, 15) is 4.79 Å². The minimum Gasteiger partial charge on any atom is -0.437 e. The summed E-state index contributed by atoms with van der Waals surface area (Å²) in [5.74, 6) is 2.15. The molecule has 162 valence electrons. The van der Waals surface area contributed by atoms with Crippen LogP contribution in [0, 0.1) is 11.8 Å². The van der Waals surface area contributed by atoms with Crippen molar-refractivity contribution in [1.29, 1.82) is 0 Å². The normalized spacial score (nSPS) is 18.9. The van der Waals surface area contributed by atoms with E-state index in [4.69, 9.17) is 10.5 Å². The Morgan fingerprint density at radius 2 is 1.81 bits per heavy atom. The fourth-order valence-electron chi connectivity index (χ4n) is 4.38. The van der Waals surface area contributed by atoms with Crippen LogP contribution in [0.25, 0.3) is 10.8 Å². The van der Waals surface area contributed by atoms with Gasteiger partial charge in [-0.1, -0.05) is 38.1 Å². The lowest BCUT2D eigenvalue weighted by atomic mass is 9.80. The highest BCUT2D eigenvalue weighted by Gasteiger charge is 2.23. The zero-order chi connectivity index (χ0) is 21.8. The van der Waals surface area contributed by atoms with E-state index in [2.05, 4.69) is 35.2 Å². The Morgan fingerprint density at radius 1 is 1.06 bits per heavy atom. The Hall–Kier alpha value is -2.99. The molecule has 4 rings (SSSR count). The summed E-state index contributed by atoms with van der Waals surface area (Å²) < 4.78 is 5.96. The van der Waals surface area contributed by atoms with Gasteiger partial charge in [-0.25, -0.2) is 4.98 Å². The van der Waals surface area contributed by atoms with Crippen LogP contribution < -0.4 is 15.8 Å². The molecule has 2 aromatic heterocycles. The molecule has 0 atom stereocenters. The van der Waals surface area contributed by atoms with Crippen molar-refractivity contribution < 1.29 is 9.53 Å². The summed E-state index contributed by atoms with van der Waals surface area (Å²) in [7, 11) is 0. The fraction of sp³-hybridized carbons (Fsp3) is 0.400. The van der Waals surface area contributed by atoms with Crippen LogP contribution in [0.5, 0.6) is 11.6 Å². The first-order chi connectivity index (χ1) is 15.0. The minimum atomic E-state index is -0.513. The first kappa shape index (κ1) is 21.2. The van der Waals surface area contributed by atoms with E-state index in [0.29, 0.717) is 23.2 Å². The largest absolute Gasteiger partial charge is 0.437 e. The van der Waals surface area contributed by atoms with Gasteiger partial charge in [0.15, 0.2) is 5.75 Å². The summed E-state index contributed by atoms with van der Waals surface area (Å²) >= 11 is 0. The number of nitrogens with two attached hydrogens (primary N) is 1. The summed E-state index contributed by atoms with van der Waals surface area (Å²) in [6, 6.07) is 11.9. The minimum absolute atomic E-state index is 0.346. The van der Waals surface area contributed by atoms with Crippen molar-refractivity contribution in [2.45, 2.75) is 52.1 Å². The molecule has 0 radical (unpaired) electrons. The standard InChI is InChI=1S/C25H30N4O2/c1-16(2)17-7-10-19(11-8-17)27-14-22-20-5-3-4-6-21(20)23(15-28-22)31-24-12-9-18(13-29-24)25(26)30/h3-6,9,12-13,15-17,19,27H,7-8,10-11,14H2,1-2H3,(H2,26,30). The summed E-state index contributed by atoms with van der Waals surface area (Å²) in [4.78, 5) is 20.1. The van der Waals surface area contributed by atoms with E-state index in [-0.39, 0.29) is 0 Å². The quantitative estimate of drug-likeness (QED) is 0.574. The molecule has 0 spiro atoms. The predicted molar refractivity (Wildman–Crippen MR) is 122 cm³/mol. The summed E-state index contributed by atoms with van der Waals surface area (Å²) in [5.41, 5.74) is 6.64. The average Bonchev–Trinajstić information content (AvgIpc) is 2.79. The van der Waals surface area contributed by atoms with Crippen LogP contribution in [0.2, 0.25) is 0 Å². The third-order valence-electron chi connectivity index (χ3n) is 6.35. The summed E-state index contributed by atoms with van der Waals surface area (Å²) in [6.07, 6.45) is 8.23. The maximum absolute atomic E-state index is 11.2. The summed E-state index contributed by atoms with van der Waals surface area (Å²) in [6.45, 7) is 5.41. The Balaban J connectivity index is 1.47. The van der Waals surface area contributed by atoms with Gasteiger partial charge in [-0.05, 0) is 43.6 Å². The van der Waals surface area contributed by atoms with E-state index in [1.165, 1.54) is 31.9 Å². The number of amides is 1. The fourth-order valence-corrected chi connectivity index (χ4v) is 4.38. The molecule has 6 nitrogen and oxygen atoms in total. The Labute approximate surface area is 183 Å². The van der Waals surface area contributed by atoms with Crippen molar-refractivity contribution in [2.75, 3.05) is 0 Å². The van der Waals surface area contributed by atoms with Gasteiger partial charge >= 0.3 is 0 Å². The number of hydrogen-bond donors (Lipinski definition) is 2. The van der Waals surface area contributed by atoms with Crippen LogP contribution in [0.4, 0.5) is 0 Å². The van der Waals surface area contributed by atoms with Crippen LogP contribution in [0.15, 0.2) is 48.8 Å². The molecular formula is C25H30N4O2. The van der Waals surface area contributed by atoms with Crippen molar-refractivity contribution >= 4 is 16.7 Å². The summed E-state index contributed by atoms with van der Waals surface area (Å²) in [5, 5.41) is 5.77. The second-order valence-electron chi connectivity index (χ2n) is 8.70. The smallest absolute Gasteiger partial charge is 0.250 e. The molecule has 6 heteroatoms. The lowest BCUT2D eigenvalue weighted by molar-refractivity contribution is 0.1000. The molecule has 1 amide bonds. The van der Waals surface area contributed by atoms with Crippen LogP contribution in [0.1, 0.15) is 55.6 Å². The second-order valence-corrected chi connectivity index (χ2v) is 8.70. The SMILES string of the molecule is CC(C)C1CCC(NCc2ncc(Oc3ccc(C(N)=O)cn3)c3ccccc23)CC1. The van der Waals surface area contributed by atoms with Crippen molar-refractivity contribution in [1.82, 2.24) is 15.3 Å². The molecular weight excluding hydrogens is 388 g/mol. The number of rotatable bonds is 7. The van der Waals surface area contributed by atoms with Crippen molar-refractivity contribution in [2.24, 2.45) is 17.6 Å². The highest BCUT2D eigenvalue weighted by atomic mass is 16.5. The molecule has 31 heavy (non-hydrogen) atoms. The van der Waals surface area contributed by atoms with Gasteiger partial charge in [0.25, 0.3) is 0 Å². The zero-order valence-corrected chi connectivity index (χ0v) is 18.2. The maximum atomic E-state index is 11.2. The van der Waals surface area contributed by atoms with Gasteiger partial charge in [0.2, 0.25) is 11.8 Å². The van der Waals surface area contributed by atoms with Crippen LogP contribution >= 0.6 is 0 Å². The highest BCUT2D eigenvalue weighted by Crippen LogP contribution is 2.32. The van der Waals surface area contributed by atoms with Gasteiger partial charge in [-0.15, -0.1) is 0 Å². The number of fused-ring (bicyclic) bond motifs is 1. The van der Waals surface area contributed by atoms with E-state index >= 15 is 0 Å². The van der Waals surface area contributed by atoms with Gasteiger partial charge in [0.1, 0.15) is 0 Å². The number of nitrogens with one attached hydrogen (secondary N) is 1. The Bertz CT molecular complexity index is 1040. The highest BCUT2D eigenvalue weighted by molar-refractivity contribution is 5.92. The van der Waals surface area contributed by atoms with Gasteiger partial charge < -0.3 is 15.8 Å². The number of aromatic nitrogens is 2. The first-order valence-electron chi connectivity index (χ1n) is 11.0. The maximum Gasteiger partial charge on any atom is 0.250 e. The number of carbonyl (C=O) groups is 1. The van der Waals surface area contributed by atoms with Crippen molar-refractivity contribution in [3.63, 3.8) is 0 Å². The number of benzene rings is 1. The van der Waals surface area contributed by atoms with E-state index in [1.807, 2.05) is 18.2 Å². The Morgan fingerprint density at radius 3 is 2.45 bits per heavy atom. The third kappa shape index (κ3) is 5.02. The van der Waals surface area contributed by atoms with Crippen LogP contribution in [-0.4, -0.2) is 21.9 Å². The van der Waals surface area contributed by atoms with E-state index in [1.54, 1.807) is 18.3 Å². The van der Waals surface area contributed by atoms with Crippen LogP contribution in [0.3, 0.4) is 0 Å². The molecule has 0 aliphatic heterocycles. The molecule has 1 aromatic carbocycles. The van der Waals surface area contributed by atoms with Gasteiger partial charge in [0.05, 0.1) is 17.5 Å². The number of primary amides is 1. The van der Waals surface area contributed by atoms with Gasteiger partial charge in [-0.3, -0.25) is 9.78 Å². The molecule has 1 saturated carbocycles. The molecule has 1 aliphatic rings. The van der Waals surface area contributed by atoms with E-state index < -0.39 is 5.91 Å². The molecule has 0 saturated heterocycles. The monoisotopic (exact) mass is 418 g/mol. The van der Waals surface area contributed by atoms with Gasteiger partial charge in [0, 0.05) is 35.6 Å². The molecule has 1 aliphatic carbocycles. The third-order valence-corrected chi connectivity index (χ3v) is 6.35. The Kier molecular flexibility index (Phi) is 6.47. The number of carbonyl (C=O) groups excluding carboxylic acids is 1. The number of pyridine rings is 2. The van der Waals surface area contributed by atoms with Crippen LogP contribution in [-0.2, 0) is 6.54 Å². The molecule has 0 bridgehead atoms. The predicted octanol–water partition coefficient (Wildman–Crippen LogP) is 4.83. The van der Waals surface area contributed by atoms with E-state index in [0.717, 1.165) is 34.8 Å². The average molecular weight is 419 g/mol. The molecule has 0 unspecified atom stereocenters.